The van der Waals surface area contributed by atoms with Crippen molar-refractivity contribution in [3.63, 3.8) is 0 Å². The fraction of sp³-hybridized carbons (Fsp3) is 0.333. The van der Waals surface area contributed by atoms with Crippen LogP contribution in [0.15, 0.2) is 12.1 Å². The van der Waals surface area contributed by atoms with Crippen LogP contribution >= 0.6 is 0 Å². The van der Waals surface area contributed by atoms with Gasteiger partial charge >= 0.3 is 0 Å². The van der Waals surface area contributed by atoms with Crippen LogP contribution in [0.1, 0.15) is 11.1 Å². The summed E-state index contributed by atoms with van der Waals surface area (Å²) in [6, 6.07) is 3.95. The molecule has 1 amide bonds. The van der Waals surface area contributed by atoms with Gasteiger partial charge in [0.2, 0.25) is 5.91 Å². The van der Waals surface area contributed by atoms with E-state index in [2.05, 4.69) is 5.32 Å². The predicted molar refractivity (Wildman–Crippen MR) is 62.8 cm³/mol. The van der Waals surface area contributed by atoms with Crippen LogP contribution in [0.5, 0.6) is 0 Å². The zero-order valence-electron chi connectivity index (χ0n) is 9.41. The molecule has 4 nitrogen and oxygen atoms in total. The number of carbonyl (C=O) groups excluding carboxylic acids is 2. The number of rotatable bonds is 2. The van der Waals surface area contributed by atoms with Crippen LogP contribution in [0.2, 0.25) is 0 Å². The van der Waals surface area contributed by atoms with Crippen LogP contribution in [0.25, 0.3) is 0 Å². The largest absolute Gasteiger partial charge is 0.353 e. The van der Waals surface area contributed by atoms with Crippen molar-refractivity contribution < 1.29 is 9.59 Å². The molecule has 2 rings (SSSR count). The molecular weight excluding hydrogens is 204 g/mol. The van der Waals surface area contributed by atoms with Crippen LogP contribution < -0.4 is 10.2 Å². The van der Waals surface area contributed by atoms with Gasteiger partial charge in [0.05, 0.1) is 24.5 Å². The maximum Gasteiger partial charge on any atom is 0.243 e. The van der Waals surface area contributed by atoms with E-state index in [1.54, 1.807) is 4.90 Å². The van der Waals surface area contributed by atoms with Gasteiger partial charge in [0, 0.05) is 0 Å². The first-order chi connectivity index (χ1) is 7.61. The van der Waals surface area contributed by atoms with Crippen LogP contribution in [0.3, 0.4) is 0 Å². The van der Waals surface area contributed by atoms with E-state index in [1.807, 2.05) is 26.0 Å². The lowest BCUT2D eigenvalue weighted by Crippen LogP contribution is -2.39. The minimum absolute atomic E-state index is 0.0717. The average molecular weight is 218 g/mol. The Hall–Kier alpha value is -1.84. The summed E-state index contributed by atoms with van der Waals surface area (Å²) in [4.78, 5) is 23.8. The predicted octanol–water partition coefficient (Wildman–Crippen LogP) is 1.26. The van der Waals surface area contributed by atoms with E-state index in [4.69, 9.17) is 0 Å². The zero-order chi connectivity index (χ0) is 11.7. The SMILES string of the molecule is Cc1cc2c(cc1C)N(CC=O)CC(=O)N2. The van der Waals surface area contributed by atoms with Crippen molar-refractivity contribution >= 4 is 23.6 Å². The summed E-state index contributed by atoms with van der Waals surface area (Å²) in [7, 11) is 0. The van der Waals surface area contributed by atoms with Crippen molar-refractivity contribution in [2.45, 2.75) is 13.8 Å². The number of amides is 1. The van der Waals surface area contributed by atoms with Crippen molar-refractivity contribution in [3.8, 4) is 0 Å². The maximum atomic E-state index is 11.4. The Kier molecular flexibility index (Phi) is 2.64. The molecule has 0 atom stereocenters. The van der Waals surface area contributed by atoms with Gasteiger partial charge in [-0.15, -0.1) is 0 Å². The Bertz CT molecular complexity index is 455. The molecule has 4 heteroatoms. The average Bonchev–Trinajstić information content (AvgIpc) is 2.21. The standard InChI is InChI=1S/C12H14N2O2/c1-8-5-10-11(6-9(8)2)14(3-4-15)7-12(16)13-10/h4-6H,3,7H2,1-2H3,(H,13,16). The van der Waals surface area contributed by atoms with Crippen molar-refractivity contribution in [3.05, 3.63) is 23.3 Å². The number of aldehydes is 1. The monoisotopic (exact) mass is 218 g/mol. The van der Waals surface area contributed by atoms with E-state index >= 15 is 0 Å². The van der Waals surface area contributed by atoms with Crippen molar-refractivity contribution in [2.75, 3.05) is 23.3 Å². The molecule has 0 radical (unpaired) electrons. The summed E-state index contributed by atoms with van der Waals surface area (Å²) >= 11 is 0. The second-order valence-corrected chi connectivity index (χ2v) is 4.05. The van der Waals surface area contributed by atoms with Gasteiger partial charge in [-0.2, -0.15) is 0 Å². The highest BCUT2D eigenvalue weighted by atomic mass is 16.2. The van der Waals surface area contributed by atoms with Gasteiger partial charge in [-0.3, -0.25) is 4.79 Å². The molecule has 0 aromatic heterocycles. The van der Waals surface area contributed by atoms with Gasteiger partial charge in [-0.25, -0.2) is 0 Å². The van der Waals surface area contributed by atoms with Crippen molar-refractivity contribution in [1.82, 2.24) is 0 Å². The molecular formula is C12H14N2O2. The Morgan fingerprint density at radius 1 is 1.38 bits per heavy atom. The fourth-order valence-corrected chi connectivity index (χ4v) is 1.86. The Morgan fingerprint density at radius 3 is 2.75 bits per heavy atom. The number of hydrogen-bond acceptors (Lipinski definition) is 3. The molecule has 1 aromatic rings. The van der Waals surface area contributed by atoms with Crippen molar-refractivity contribution in [2.24, 2.45) is 0 Å². The number of anilines is 2. The number of carbonyl (C=O) groups is 2. The van der Waals surface area contributed by atoms with Crippen LogP contribution in [0.4, 0.5) is 11.4 Å². The van der Waals surface area contributed by atoms with Gasteiger partial charge in [-0.1, -0.05) is 0 Å². The maximum absolute atomic E-state index is 11.4. The normalized spacial score (nSPS) is 14.4. The van der Waals surface area contributed by atoms with Crippen molar-refractivity contribution in [1.29, 1.82) is 0 Å². The third-order valence-corrected chi connectivity index (χ3v) is 2.86. The second kappa shape index (κ2) is 3.96. The fourth-order valence-electron chi connectivity index (χ4n) is 1.86. The summed E-state index contributed by atoms with van der Waals surface area (Å²) in [6.45, 7) is 4.52. The van der Waals surface area contributed by atoms with Gasteiger partial charge < -0.3 is 15.0 Å². The summed E-state index contributed by atoms with van der Waals surface area (Å²) in [6.07, 6.45) is 0.817. The highest BCUT2D eigenvalue weighted by molar-refractivity contribution is 6.02. The Balaban J connectivity index is 2.48. The molecule has 0 bridgehead atoms. The van der Waals surface area contributed by atoms with E-state index in [-0.39, 0.29) is 19.0 Å². The molecule has 1 aliphatic heterocycles. The molecule has 16 heavy (non-hydrogen) atoms. The second-order valence-electron chi connectivity index (χ2n) is 4.05. The molecule has 0 saturated carbocycles. The van der Waals surface area contributed by atoms with Gasteiger partial charge in [0.25, 0.3) is 0 Å². The number of nitrogens with zero attached hydrogens (tertiary/aromatic N) is 1. The van der Waals surface area contributed by atoms with E-state index in [0.29, 0.717) is 0 Å². The molecule has 84 valence electrons. The number of fused-ring (bicyclic) bond motifs is 1. The van der Waals surface area contributed by atoms with Crippen LogP contribution in [-0.2, 0) is 9.59 Å². The first-order valence-electron chi connectivity index (χ1n) is 5.21. The first kappa shape index (κ1) is 10.7. The quantitative estimate of drug-likeness (QED) is 0.760. The highest BCUT2D eigenvalue weighted by Gasteiger charge is 2.21. The minimum Gasteiger partial charge on any atom is -0.353 e. The number of benzene rings is 1. The van der Waals surface area contributed by atoms with E-state index in [1.165, 1.54) is 0 Å². The summed E-state index contributed by atoms with van der Waals surface area (Å²) in [5.41, 5.74) is 4.01. The lowest BCUT2D eigenvalue weighted by molar-refractivity contribution is -0.115. The highest BCUT2D eigenvalue weighted by Crippen LogP contribution is 2.31. The smallest absolute Gasteiger partial charge is 0.243 e. The third-order valence-electron chi connectivity index (χ3n) is 2.86. The number of aryl methyl sites for hydroxylation is 2. The Labute approximate surface area is 94.2 Å². The molecule has 0 aliphatic carbocycles. The molecule has 1 N–H and O–H groups in total. The Morgan fingerprint density at radius 2 is 2.06 bits per heavy atom. The zero-order valence-corrected chi connectivity index (χ0v) is 9.41. The third kappa shape index (κ3) is 1.78. The van der Waals surface area contributed by atoms with Gasteiger partial charge in [0.15, 0.2) is 0 Å². The summed E-state index contributed by atoms with van der Waals surface area (Å²) in [5, 5.41) is 2.82. The summed E-state index contributed by atoms with van der Waals surface area (Å²) < 4.78 is 0. The molecule has 1 heterocycles. The minimum atomic E-state index is -0.0717. The van der Waals surface area contributed by atoms with Gasteiger partial charge in [-0.05, 0) is 37.1 Å². The molecule has 1 aromatic carbocycles. The van der Waals surface area contributed by atoms with E-state index in [0.717, 1.165) is 28.8 Å². The topological polar surface area (TPSA) is 49.4 Å². The molecule has 0 fully saturated rings. The summed E-state index contributed by atoms with van der Waals surface area (Å²) in [5.74, 6) is -0.0717. The molecule has 0 saturated heterocycles. The molecule has 0 unspecified atom stereocenters. The van der Waals surface area contributed by atoms with E-state index < -0.39 is 0 Å². The molecule has 0 spiro atoms. The van der Waals surface area contributed by atoms with E-state index in [9.17, 15) is 9.59 Å². The van der Waals surface area contributed by atoms with Gasteiger partial charge in [0.1, 0.15) is 6.29 Å². The number of nitrogens with one attached hydrogen (secondary N) is 1. The lowest BCUT2D eigenvalue weighted by Gasteiger charge is -2.30. The molecule has 1 aliphatic rings. The first-order valence-corrected chi connectivity index (χ1v) is 5.21. The number of hydrogen-bond donors (Lipinski definition) is 1. The van der Waals surface area contributed by atoms with Crippen LogP contribution in [0, 0.1) is 13.8 Å². The van der Waals surface area contributed by atoms with Crippen LogP contribution in [-0.4, -0.2) is 25.3 Å². The lowest BCUT2D eigenvalue weighted by atomic mass is 10.1.